The van der Waals surface area contributed by atoms with Crippen LogP contribution in [0, 0.1) is 0 Å². The van der Waals surface area contributed by atoms with Gasteiger partial charge in [0.2, 0.25) is 11.9 Å². The van der Waals surface area contributed by atoms with Crippen molar-refractivity contribution in [1.29, 1.82) is 0 Å². The number of nitrogens with two attached hydrogens (primary N) is 1. The number of carboxylic acids is 3. The number of aliphatic carboxylic acids is 3. The number of aromatic amines is 2. The number of amides is 2. The van der Waals surface area contributed by atoms with Crippen LogP contribution in [0.3, 0.4) is 0 Å². The van der Waals surface area contributed by atoms with Gasteiger partial charge in [0.15, 0.2) is 0 Å². The molecule has 3 aromatic rings. The van der Waals surface area contributed by atoms with Crippen LogP contribution in [-0.2, 0) is 46.3 Å². The van der Waals surface area contributed by atoms with E-state index < -0.39 is 53.8 Å². The predicted octanol–water partition coefficient (Wildman–Crippen LogP) is 1.72. The fourth-order valence-electron chi connectivity index (χ4n) is 5.24. The normalized spacial score (nSPS) is 13.3. The summed E-state index contributed by atoms with van der Waals surface area (Å²) in [5.41, 5.74) is 6.46. The molecular formula is C34H45N7O12S3. The Hall–Kier alpha value is -4.93. The van der Waals surface area contributed by atoms with E-state index in [-0.39, 0.29) is 74.2 Å². The van der Waals surface area contributed by atoms with E-state index in [9.17, 15) is 48.6 Å². The van der Waals surface area contributed by atoms with Crippen molar-refractivity contribution in [1.82, 2.24) is 30.9 Å². The first-order valence-corrected chi connectivity index (χ1v) is 20.8. The SMILES string of the molecule is CC(CCC(=O)O)NC(CCC=O)C(=O)NC(CSSCCOC(=O)CCC(NC(=O)c1ccc(CCCc2cc3c(=O)[nH]c(N)nc3[nH]2)s1)C(=O)O)C(=O)O. The zero-order valence-electron chi connectivity index (χ0n) is 30.4. The summed E-state index contributed by atoms with van der Waals surface area (Å²) in [5.74, 6) is -5.29. The van der Waals surface area contributed by atoms with Crippen molar-refractivity contribution in [2.45, 2.75) is 88.9 Å². The van der Waals surface area contributed by atoms with Crippen LogP contribution in [0.4, 0.5) is 5.95 Å². The molecule has 4 atom stereocenters. The monoisotopic (exact) mass is 839 g/mol. The molecular weight excluding hydrogens is 795 g/mol. The van der Waals surface area contributed by atoms with Gasteiger partial charge in [0.25, 0.3) is 11.5 Å². The van der Waals surface area contributed by atoms with E-state index in [1.54, 1.807) is 25.1 Å². The van der Waals surface area contributed by atoms with Crippen molar-refractivity contribution in [2.75, 3.05) is 23.8 Å². The maximum atomic E-state index is 12.8. The summed E-state index contributed by atoms with van der Waals surface area (Å²) in [6.45, 7) is 1.63. The van der Waals surface area contributed by atoms with E-state index in [2.05, 4.69) is 30.9 Å². The van der Waals surface area contributed by atoms with Crippen LogP contribution in [0.1, 0.15) is 72.1 Å². The first kappa shape index (κ1) is 45.5. The third kappa shape index (κ3) is 15.7. The lowest BCUT2D eigenvalue weighted by molar-refractivity contribution is -0.144. The number of fused-ring (bicyclic) bond motifs is 1. The number of nitrogen functional groups attached to an aromatic ring is 1. The van der Waals surface area contributed by atoms with Crippen molar-refractivity contribution < 1.29 is 53.6 Å². The molecule has 0 aliphatic carbocycles. The van der Waals surface area contributed by atoms with Crippen LogP contribution in [-0.4, -0.2) is 115 Å². The number of thiophene rings is 1. The Morgan fingerprint density at radius 1 is 0.964 bits per heavy atom. The minimum atomic E-state index is -1.34. The number of hydrogen-bond acceptors (Lipinski definition) is 15. The Kier molecular flexibility index (Phi) is 18.8. The van der Waals surface area contributed by atoms with Crippen molar-refractivity contribution in [3.05, 3.63) is 44.0 Å². The molecule has 4 unspecified atom stereocenters. The number of carboxylic acid groups (broad SMARTS) is 3. The minimum Gasteiger partial charge on any atom is -0.481 e. The van der Waals surface area contributed by atoms with Gasteiger partial charge in [0, 0.05) is 47.4 Å². The van der Waals surface area contributed by atoms with Crippen LogP contribution in [0.5, 0.6) is 0 Å². The van der Waals surface area contributed by atoms with E-state index in [0.717, 1.165) is 21.4 Å². The summed E-state index contributed by atoms with van der Waals surface area (Å²) < 4.78 is 5.16. The fourth-order valence-corrected chi connectivity index (χ4v) is 8.17. The highest BCUT2D eigenvalue weighted by Crippen LogP contribution is 2.23. The van der Waals surface area contributed by atoms with Gasteiger partial charge in [-0.05, 0) is 63.6 Å². The molecule has 0 saturated carbocycles. The summed E-state index contributed by atoms with van der Waals surface area (Å²) >= 11 is 1.22. The summed E-state index contributed by atoms with van der Waals surface area (Å²) in [7, 11) is 2.31. The third-order valence-electron chi connectivity index (χ3n) is 8.10. The van der Waals surface area contributed by atoms with Gasteiger partial charge in [-0.1, -0.05) is 21.6 Å². The van der Waals surface area contributed by atoms with Crippen LogP contribution in [0.15, 0.2) is 23.0 Å². The van der Waals surface area contributed by atoms with Crippen molar-refractivity contribution >= 4 is 91.9 Å². The molecule has 0 radical (unpaired) electrons. The van der Waals surface area contributed by atoms with E-state index in [0.29, 0.717) is 41.5 Å². The van der Waals surface area contributed by atoms with Crippen molar-refractivity contribution in [3.8, 4) is 0 Å². The molecule has 10 N–H and O–H groups in total. The van der Waals surface area contributed by atoms with Gasteiger partial charge in [-0.15, -0.1) is 11.3 Å². The molecule has 0 aliphatic rings. The first-order chi connectivity index (χ1) is 26.7. The van der Waals surface area contributed by atoms with E-state index >= 15 is 0 Å². The summed E-state index contributed by atoms with van der Waals surface area (Å²) in [4.78, 5) is 106. The highest BCUT2D eigenvalue weighted by Gasteiger charge is 2.27. The lowest BCUT2D eigenvalue weighted by Gasteiger charge is -2.24. The molecule has 3 heterocycles. The second-order valence-corrected chi connectivity index (χ2v) is 16.3. The molecule has 0 aromatic carbocycles. The Morgan fingerprint density at radius 3 is 2.41 bits per heavy atom. The smallest absolute Gasteiger partial charge is 0.327 e. The summed E-state index contributed by atoms with van der Waals surface area (Å²) in [5, 5.41) is 36.4. The third-order valence-corrected chi connectivity index (χ3v) is 11.6. The molecule has 22 heteroatoms. The average molecular weight is 840 g/mol. The molecule has 19 nitrogen and oxygen atoms in total. The number of carbonyl (C=O) groups is 7. The van der Waals surface area contributed by atoms with Gasteiger partial charge in [-0.25, -0.2) is 9.59 Å². The molecule has 306 valence electrons. The molecule has 0 spiro atoms. The van der Waals surface area contributed by atoms with Gasteiger partial charge >= 0.3 is 23.9 Å². The van der Waals surface area contributed by atoms with E-state index in [4.69, 9.17) is 15.6 Å². The molecule has 0 aliphatic heterocycles. The summed E-state index contributed by atoms with van der Waals surface area (Å²) in [6, 6.07) is 1.18. The maximum absolute atomic E-state index is 12.8. The number of aryl methyl sites for hydroxylation is 2. The average Bonchev–Trinajstić information content (AvgIpc) is 3.79. The Balaban J connectivity index is 1.35. The molecule has 0 fully saturated rings. The van der Waals surface area contributed by atoms with Gasteiger partial charge in [-0.2, -0.15) is 4.98 Å². The van der Waals surface area contributed by atoms with Crippen molar-refractivity contribution in [2.24, 2.45) is 0 Å². The van der Waals surface area contributed by atoms with Gasteiger partial charge in [0.1, 0.15) is 30.6 Å². The fraction of sp³-hybridized carbons (Fsp3) is 0.500. The molecule has 56 heavy (non-hydrogen) atoms. The number of nitrogens with zero attached hydrogens (tertiary/aromatic N) is 1. The second kappa shape index (κ2) is 23.2. The highest BCUT2D eigenvalue weighted by molar-refractivity contribution is 8.76. The Bertz CT molecular complexity index is 1900. The number of carbonyl (C=O) groups excluding carboxylic acids is 4. The maximum Gasteiger partial charge on any atom is 0.327 e. The number of aldehydes is 1. The minimum absolute atomic E-state index is 0.0160. The van der Waals surface area contributed by atoms with Crippen LogP contribution >= 0.6 is 32.9 Å². The lowest BCUT2D eigenvalue weighted by atomic mass is 10.1. The van der Waals surface area contributed by atoms with E-state index in [1.165, 1.54) is 22.1 Å². The van der Waals surface area contributed by atoms with Gasteiger partial charge in [-0.3, -0.25) is 29.0 Å². The second-order valence-electron chi connectivity index (χ2n) is 12.6. The number of aromatic nitrogens is 3. The number of anilines is 1. The van der Waals surface area contributed by atoms with Gasteiger partial charge in [0.05, 0.1) is 16.3 Å². The number of rotatable bonds is 27. The van der Waals surface area contributed by atoms with Crippen LogP contribution in [0.25, 0.3) is 11.0 Å². The predicted molar refractivity (Wildman–Crippen MR) is 210 cm³/mol. The quantitative estimate of drug-likeness (QED) is 0.0228. The molecule has 3 aromatic heterocycles. The largest absolute Gasteiger partial charge is 0.481 e. The number of nitrogens with one attached hydrogen (secondary N) is 5. The summed E-state index contributed by atoms with van der Waals surface area (Å²) in [6.07, 6.45) is 2.29. The molecule has 3 rings (SSSR count). The lowest BCUT2D eigenvalue weighted by Crippen LogP contribution is -2.52. The molecule has 2 amide bonds. The number of H-pyrrole nitrogens is 2. The number of esters is 1. The standard InChI is InChI=1S/C34H45N7O12S3/c1-18(7-11-26(43)44)36-22(6-3-13-42)30(47)39-24(33(51)52)17-55-54-15-14-53-27(45)12-9-23(32(49)50)38-31(48)25-10-8-20(56-25)5-2-4-19-16-21-28(37-19)40-34(35)41-29(21)46/h8,10,13,16,18,22-24,36H,2-7,9,11-12,14-15,17H2,1H3,(H,38,48)(H,39,47)(H,43,44)(H,49,50)(H,51,52)(H4,35,37,40,41,46). The van der Waals surface area contributed by atoms with Crippen LogP contribution in [0.2, 0.25) is 0 Å². The molecule has 0 bridgehead atoms. The first-order valence-electron chi connectivity index (χ1n) is 17.5. The number of hydrogen-bond donors (Lipinski definition) is 9. The zero-order chi connectivity index (χ0) is 41.2. The number of ether oxygens (including phenoxy) is 1. The van der Waals surface area contributed by atoms with E-state index in [1.807, 2.05) is 0 Å². The van der Waals surface area contributed by atoms with Crippen LogP contribution < -0.4 is 27.2 Å². The van der Waals surface area contributed by atoms with Crippen molar-refractivity contribution in [3.63, 3.8) is 0 Å². The highest BCUT2D eigenvalue weighted by atomic mass is 33.1. The Labute approximate surface area is 332 Å². The topological polar surface area (TPSA) is 313 Å². The van der Waals surface area contributed by atoms with Gasteiger partial charge < -0.3 is 51.5 Å². The molecule has 0 saturated heterocycles. The zero-order valence-corrected chi connectivity index (χ0v) is 32.8. The Morgan fingerprint density at radius 2 is 1.71 bits per heavy atom.